The van der Waals surface area contributed by atoms with Gasteiger partial charge in [0, 0.05) is 13.5 Å². The molecule has 110 valence electrons. The highest BCUT2D eigenvalue weighted by Gasteiger charge is 2.19. The van der Waals surface area contributed by atoms with Crippen LogP contribution in [0.4, 0.5) is 0 Å². The third kappa shape index (κ3) is 6.24. The minimum atomic E-state index is -0.180. The molecule has 0 aliphatic heterocycles. The molecule has 0 fully saturated rings. The number of aliphatic hydroxyl groups excluding tert-OH is 1. The van der Waals surface area contributed by atoms with Gasteiger partial charge in [0.2, 0.25) is 0 Å². The van der Waals surface area contributed by atoms with Crippen LogP contribution in [0.2, 0.25) is 0 Å². The molecule has 0 aromatic rings. The number of carbonyl (C=O) groups excluding carboxylic acids is 1. The van der Waals surface area contributed by atoms with Crippen molar-refractivity contribution < 1.29 is 14.6 Å². The molecular formula is C16H28O3. The Morgan fingerprint density at radius 2 is 2.16 bits per heavy atom. The molecule has 0 amide bonds. The molecule has 0 heterocycles. The van der Waals surface area contributed by atoms with Crippen LogP contribution < -0.4 is 0 Å². The van der Waals surface area contributed by atoms with Crippen LogP contribution >= 0.6 is 0 Å². The third-order valence-corrected chi connectivity index (χ3v) is 4.09. The van der Waals surface area contributed by atoms with Gasteiger partial charge in [-0.15, -0.1) is 0 Å². The minimum Gasteiger partial charge on any atom is -0.466 e. The average Bonchev–Trinajstić information content (AvgIpc) is 2.38. The van der Waals surface area contributed by atoms with E-state index in [1.54, 1.807) is 11.1 Å². The predicted molar refractivity (Wildman–Crippen MR) is 76.8 cm³/mol. The minimum absolute atomic E-state index is 0.180. The summed E-state index contributed by atoms with van der Waals surface area (Å²) < 4.78 is 4.99. The standard InChI is InChI=1S/C16H28O3/c1-13-15(7-3-4-11-17)8-5-9-16(13)10-6-12-19-14(2)18/h16-17H,3-12H2,1-2H3/t16-/m1/s1. The molecule has 0 radical (unpaired) electrons. The molecule has 1 aliphatic carbocycles. The van der Waals surface area contributed by atoms with Gasteiger partial charge in [-0.1, -0.05) is 11.1 Å². The van der Waals surface area contributed by atoms with E-state index in [0.29, 0.717) is 19.1 Å². The van der Waals surface area contributed by atoms with Crippen LogP contribution in [-0.2, 0) is 9.53 Å². The Morgan fingerprint density at radius 1 is 1.37 bits per heavy atom. The quantitative estimate of drug-likeness (QED) is 0.415. The molecule has 19 heavy (non-hydrogen) atoms. The fourth-order valence-corrected chi connectivity index (χ4v) is 2.94. The van der Waals surface area contributed by atoms with E-state index in [1.165, 1.54) is 26.2 Å². The van der Waals surface area contributed by atoms with Crippen LogP contribution in [-0.4, -0.2) is 24.3 Å². The highest BCUT2D eigenvalue weighted by Crippen LogP contribution is 2.35. The normalized spacial score (nSPS) is 19.6. The number of hydrogen-bond donors (Lipinski definition) is 1. The van der Waals surface area contributed by atoms with E-state index in [0.717, 1.165) is 32.1 Å². The van der Waals surface area contributed by atoms with Gasteiger partial charge in [0.05, 0.1) is 6.61 Å². The zero-order valence-corrected chi connectivity index (χ0v) is 12.4. The zero-order valence-electron chi connectivity index (χ0n) is 12.4. The van der Waals surface area contributed by atoms with Gasteiger partial charge in [-0.3, -0.25) is 4.79 Å². The van der Waals surface area contributed by atoms with Crippen molar-refractivity contribution in [3.05, 3.63) is 11.1 Å². The van der Waals surface area contributed by atoms with Crippen molar-refractivity contribution in [3.8, 4) is 0 Å². The lowest BCUT2D eigenvalue weighted by Gasteiger charge is -2.27. The Hall–Kier alpha value is -0.830. The molecule has 1 atom stereocenters. The Balaban J connectivity index is 2.36. The molecule has 0 saturated heterocycles. The summed E-state index contributed by atoms with van der Waals surface area (Å²) in [5.74, 6) is 0.494. The molecule has 3 nitrogen and oxygen atoms in total. The number of allylic oxidation sites excluding steroid dienone is 2. The zero-order chi connectivity index (χ0) is 14.1. The first-order valence-corrected chi connectivity index (χ1v) is 7.58. The fraction of sp³-hybridized carbons (Fsp3) is 0.812. The van der Waals surface area contributed by atoms with Gasteiger partial charge in [0.25, 0.3) is 0 Å². The van der Waals surface area contributed by atoms with Gasteiger partial charge < -0.3 is 9.84 Å². The molecular weight excluding hydrogens is 240 g/mol. The van der Waals surface area contributed by atoms with Crippen molar-refractivity contribution in [3.63, 3.8) is 0 Å². The maximum atomic E-state index is 10.7. The lowest BCUT2D eigenvalue weighted by Crippen LogP contribution is -2.12. The van der Waals surface area contributed by atoms with Gasteiger partial charge in [-0.25, -0.2) is 0 Å². The van der Waals surface area contributed by atoms with E-state index in [1.807, 2.05) is 0 Å². The lowest BCUT2D eigenvalue weighted by molar-refractivity contribution is -0.141. The van der Waals surface area contributed by atoms with Crippen molar-refractivity contribution >= 4 is 5.97 Å². The first kappa shape index (κ1) is 16.2. The molecule has 0 aromatic heterocycles. The van der Waals surface area contributed by atoms with E-state index in [2.05, 4.69) is 6.92 Å². The first-order chi connectivity index (χ1) is 9.15. The largest absolute Gasteiger partial charge is 0.466 e. The van der Waals surface area contributed by atoms with Gasteiger partial charge >= 0.3 is 5.97 Å². The molecule has 0 spiro atoms. The second-order valence-electron chi connectivity index (χ2n) is 5.54. The number of esters is 1. The molecule has 1 rings (SSSR count). The molecule has 0 saturated carbocycles. The first-order valence-electron chi connectivity index (χ1n) is 7.58. The van der Waals surface area contributed by atoms with Crippen LogP contribution in [0, 0.1) is 5.92 Å². The maximum absolute atomic E-state index is 10.7. The Labute approximate surface area is 117 Å². The van der Waals surface area contributed by atoms with Crippen molar-refractivity contribution in [2.24, 2.45) is 5.92 Å². The molecule has 0 bridgehead atoms. The van der Waals surface area contributed by atoms with E-state index >= 15 is 0 Å². The number of carbonyl (C=O) groups is 1. The summed E-state index contributed by atoms with van der Waals surface area (Å²) in [5, 5.41) is 8.84. The summed E-state index contributed by atoms with van der Waals surface area (Å²) >= 11 is 0. The highest BCUT2D eigenvalue weighted by molar-refractivity contribution is 5.65. The van der Waals surface area contributed by atoms with Gasteiger partial charge in [-0.05, 0) is 64.2 Å². The second kappa shape index (κ2) is 9.13. The Morgan fingerprint density at radius 3 is 2.84 bits per heavy atom. The summed E-state index contributed by atoms with van der Waals surface area (Å²) in [4.78, 5) is 10.7. The van der Waals surface area contributed by atoms with Crippen molar-refractivity contribution in [2.45, 2.75) is 65.2 Å². The maximum Gasteiger partial charge on any atom is 0.302 e. The highest BCUT2D eigenvalue weighted by atomic mass is 16.5. The smallest absolute Gasteiger partial charge is 0.302 e. The third-order valence-electron chi connectivity index (χ3n) is 4.09. The van der Waals surface area contributed by atoms with Crippen LogP contribution in [0.15, 0.2) is 11.1 Å². The number of aliphatic hydroxyl groups is 1. The molecule has 1 aliphatic rings. The molecule has 0 aromatic carbocycles. The van der Waals surface area contributed by atoms with E-state index in [4.69, 9.17) is 9.84 Å². The Bertz CT molecular complexity index is 307. The van der Waals surface area contributed by atoms with E-state index in [9.17, 15) is 4.79 Å². The summed E-state index contributed by atoms with van der Waals surface area (Å²) in [7, 11) is 0. The van der Waals surface area contributed by atoms with E-state index < -0.39 is 0 Å². The monoisotopic (exact) mass is 268 g/mol. The van der Waals surface area contributed by atoms with Crippen LogP contribution in [0.3, 0.4) is 0 Å². The van der Waals surface area contributed by atoms with Crippen LogP contribution in [0.5, 0.6) is 0 Å². The van der Waals surface area contributed by atoms with Gasteiger partial charge in [0.15, 0.2) is 0 Å². The molecule has 1 N–H and O–H groups in total. The number of unbranched alkanes of at least 4 members (excludes halogenated alkanes) is 1. The number of ether oxygens (including phenoxy) is 1. The average molecular weight is 268 g/mol. The second-order valence-corrected chi connectivity index (χ2v) is 5.54. The Kier molecular flexibility index (Phi) is 7.80. The van der Waals surface area contributed by atoms with Crippen molar-refractivity contribution in [1.82, 2.24) is 0 Å². The van der Waals surface area contributed by atoms with Gasteiger partial charge in [-0.2, -0.15) is 0 Å². The predicted octanol–water partition coefficient (Wildman–Crippen LogP) is 3.61. The van der Waals surface area contributed by atoms with Crippen molar-refractivity contribution in [2.75, 3.05) is 13.2 Å². The van der Waals surface area contributed by atoms with Crippen molar-refractivity contribution in [1.29, 1.82) is 0 Å². The van der Waals surface area contributed by atoms with Crippen LogP contribution in [0.25, 0.3) is 0 Å². The topological polar surface area (TPSA) is 46.5 Å². The van der Waals surface area contributed by atoms with E-state index in [-0.39, 0.29) is 5.97 Å². The lowest BCUT2D eigenvalue weighted by atomic mass is 9.79. The van der Waals surface area contributed by atoms with Crippen LogP contribution in [0.1, 0.15) is 65.2 Å². The summed E-state index contributed by atoms with van der Waals surface area (Å²) in [6.07, 6.45) is 9.04. The van der Waals surface area contributed by atoms with Gasteiger partial charge in [0.1, 0.15) is 0 Å². The summed E-state index contributed by atoms with van der Waals surface area (Å²) in [5.41, 5.74) is 3.17. The molecule has 3 heteroatoms. The summed E-state index contributed by atoms with van der Waals surface area (Å²) in [6, 6.07) is 0. The SMILES string of the molecule is CC(=O)OCCC[C@H]1CCCC(CCCCO)=C1C. The summed E-state index contributed by atoms with van der Waals surface area (Å²) in [6.45, 7) is 4.59. The number of rotatable bonds is 8. The fourth-order valence-electron chi connectivity index (χ4n) is 2.94. The number of hydrogen-bond acceptors (Lipinski definition) is 3. The molecule has 0 unspecified atom stereocenters.